The second-order valence-electron chi connectivity index (χ2n) is 5.17. The Morgan fingerprint density at radius 2 is 1.94 bits per heavy atom. The van der Waals surface area contributed by atoms with Crippen molar-refractivity contribution in [1.29, 1.82) is 0 Å². The zero-order chi connectivity index (χ0) is 12.1. The molecule has 3 nitrogen and oxygen atoms in total. The van der Waals surface area contributed by atoms with Gasteiger partial charge in [-0.3, -0.25) is 4.79 Å². The van der Waals surface area contributed by atoms with E-state index < -0.39 is 0 Å². The lowest BCUT2D eigenvalue weighted by atomic mass is 9.84. The summed E-state index contributed by atoms with van der Waals surface area (Å²) in [5.74, 6) is 1.06. The monoisotopic (exact) mass is 226 g/mol. The molecule has 1 saturated carbocycles. The lowest BCUT2D eigenvalue weighted by molar-refractivity contribution is -0.136. The summed E-state index contributed by atoms with van der Waals surface area (Å²) in [4.78, 5) is 13.9. The summed E-state index contributed by atoms with van der Waals surface area (Å²) in [6.07, 6.45) is 6.16. The summed E-state index contributed by atoms with van der Waals surface area (Å²) in [6, 6.07) is 0.448. The van der Waals surface area contributed by atoms with E-state index in [1.165, 1.54) is 19.3 Å². The molecule has 0 radical (unpaired) electrons. The molecule has 1 aliphatic rings. The van der Waals surface area contributed by atoms with E-state index in [0.29, 0.717) is 12.6 Å². The third kappa shape index (κ3) is 3.21. The smallest absolute Gasteiger partial charge is 0.226 e. The number of carbonyl (C=O) groups excluding carboxylic acids is 1. The van der Waals surface area contributed by atoms with Crippen LogP contribution in [0, 0.1) is 11.8 Å². The molecule has 1 amide bonds. The number of carbonyl (C=O) groups is 1. The van der Waals surface area contributed by atoms with E-state index in [0.717, 1.165) is 18.8 Å². The Morgan fingerprint density at radius 1 is 1.38 bits per heavy atom. The van der Waals surface area contributed by atoms with Gasteiger partial charge in [-0.25, -0.2) is 0 Å². The Bertz CT molecular complexity index is 222. The molecule has 1 unspecified atom stereocenters. The van der Waals surface area contributed by atoms with Crippen molar-refractivity contribution in [3.8, 4) is 0 Å². The lowest BCUT2D eigenvalue weighted by Crippen LogP contribution is -2.43. The van der Waals surface area contributed by atoms with E-state index in [4.69, 9.17) is 5.73 Å². The van der Waals surface area contributed by atoms with Gasteiger partial charge in [-0.1, -0.05) is 20.3 Å². The number of nitrogens with zero attached hydrogens (tertiary/aromatic N) is 1. The maximum Gasteiger partial charge on any atom is 0.226 e. The summed E-state index contributed by atoms with van der Waals surface area (Å²) in [5.41, 5.74) is 5.54. The molecule has 16 heavy (non-hydrogen) atoms. The number of rotatable bonds is 4. The minimum atomic E-state index is -0.0334. The van der Waals surface area contributed by atoms with Gasteiger partial charge in [-0.05, 0) is 31.6 Å². The molecule has 1 fully saturated rings. The first-order valence-corrected chi connectivity index (χ1v) is 6.56. The van der Waals surface area contributed by atoms with Gasteiger partial charge >= 0.3 is 0 Å². The van der Waals surface area contributed by atoms with E-state index in [2.05, 4.69) is 6.92 Å². The lowest BCUT2D eigenvalue weighted by Gasteiger charge is -2.35. The molecular formula is C13H26N2O. The van der Waals surface area contributed by atoms with Crippen LogP contribution in [-0.2, 0) is 4.79 Å². The van der Waals surface area contributed by atoms with E-state index in [1.54, 1.807) is 0 Å². The van der Waals surface area contributed by atoms with Crippen LogP contribution in [0.4, 0.5) is 0 Å². The van der Waals surface area contributed by atoms with Crippen LogP contribution in [0.3, 0.4) is 0 Å². The predicted molar refractivity (Wildman–Crippen MR) is 67.0 cm³/mol. The molecule has 94 valence electrons. The first-order valence-electron chi connectivity index (χ1n) is 6.56. The van der Waals surface area contributed by atoms with Crippen molar-refractivity contribution in [2.45, 2.75) is 52.0 Å². The summed E-state index contributed by atoms with van der Waals surface area (Å²) in [5, 5.41) is 0. The standard InChI is InChI=1S/C13H26N2O/c1-4-11-5-7-12(8-6-11)15(3)13(16)10(2)9-14/h10-12H,4-9,14H2,1-3H3. The molecule has 0 heterocycles. The van der Waals surface area contributed by atoms with E-state index in [1.807, 2.05) is 18.9 Å². The fraction of sp³-hybridized carbons (Fsp3) is 0.923. The highest BCUT2D eigenvalue weighted by molar-refractivity contribution is 5.78. The van der Waals surface area contributed by atoms with Crippen molar-refractivity contribution in [3.05, 3.63) is 0 Å². The van der Waals surface area contributed by atoms with Crippen LogP contribution >= 0.6 is 0 Å². The molecule has 1 aliphatic carbocycles. The molecule has 0 aliphatic heterocycles. The SMILES string of the molecule is CCC1CCC(N(C)C(=O)C(C)CN)CC1. The molecule has 1 atom stereocenters. The largest absolute Gasteiger partial charge is 0.343 e. The van der Waals surface area contributed by atoms with E-state index >= 15 is 0 Å². The zero-order valence-corrected chi connectivity index (χ0v) is 10.9. The predicted octanol–water partition coefficient (Wildman–Crippen LogP) is 2.01. The van der Waals surface area contributed by atoms with Gasteiger partial charge in [0.05, 0.1) is 0 Å². The zero-order valence-electron chi connectivity index (χ0n) is 10.9. The van der Waals surface area contributed by atoms with Crippen LogP contribution in [0.2, 0.25) is 0 Å². The fourth-order valence-electron chi connectivity index (χ4n) is 2.57. The van der Waals surface area contributed by atoms with Crippen molar-refractivity contribution in [2.24, 2.45) is 17.6 Å². The van der Waals surface area contributed by atoms with Crippen LogP contribution in [-0.4, -0.2) is 30.4 Å². The summed E-state index contributed by atoms with van der Waals surface area (Å²) < 4.78 is 0. The molecular weight excluding hydrogens is 200 g/mol. The van der Waals surface area contributed by atoms with Crippen LogP contribution in [0.25, 0.3) is 0 Å². The van der Waals surface area contributed by atoms with Crippen LogP contribution in [0.15, 0.2) is 0 Å². The molecule has 1 rings (SSSR count). The van der Waals surface area contributed by atoms with E-state index in [-0.39, 0.29) is 11.8 Å². The van der Waals surface area contributed by atoms with Crippen molar-refractivity contribution >= 4 is 5.91 Å². The Hall–Kier alpha value is -0.570. The minimum absolute atomic E-state index is 0.0334. The molecule has 0 aromatic rings. The second kappa shape index (κ2) is 6.24. The van der Waals surface area contributed by atoms with Crippen LogP contribution in [0.1, 0.15) is 46.0 Å². The van der Waals surface area contributed by atoms with E-state index in [9.17, 15) is 4.79 Å². The van der Waals surface area contributed by atoms with Crippen molar-refractivity contribution in [2.75, 3.05) is 13.6 Å². The van der Waals surface area contributed by atoms with Gasteiger partial charge < -0.3 is 10.6 Å². The minimum Gasteiger partial charge on any atom is -0.343 e. The quantitative estimate of drug-likeness (QED) is 0.797. The fourth-order valence-corrected chi connectivity index (χ4v) is 2.57. The number of hydrogen-bond donors (Lipinski definition) is 1. The Kier molecular flexibility index (Phi) is 5.26. The van der Waals surface area contributed by atoms with Crippen LogP contribution < -0.4 is 5.73 Å². The van der Waals surface area contributed by atoms with Gasteiger partial charge in [-0.15, -0.1) is 0 Å². The maximum atomic E-state index is 12.0. The number of nitrogens with two attached hydrogens (primary N) is 1. The summed E-state index contributed by atoms with van der Waals surface area (Å²) in [6.45, 7) is 4.63. The molecule has 0 aromatic carbocycles. The normalized spacial score (nSPS) is 27.5. The first-order chi connectivity index (χ1) is 7.60. The van der Waals surface area contributed by atoms with Gasteiger partial charge in [0.15, 0.2) is 0 Å². The van der Waals surface area contributed by atoms with Gasteiger partial charge in [0, 0.05) is 25.6 Å². The van der Waals surface area contributed by atoms with Gasteiger partial charge in [0.2, 0.25) is 5.91 Å². The highest BCUT2D eigenvalue weighted by Gasteiger charge is 2.27. The van der Waals surface area contributed by atoms with Gasteiger partial charge in [-0.2, -0.15) is 0 Å². The molecule has 2 N–H and O–H groups in total. The number of hydrogen-bond acceptors (Lipinski definition) is 2. The molecule has 0 aromatic heterocycles. The number of amides is 1. The average molecular weight is 226 g/mol. The topological polar surface area (TPSA) is 46.3 Å². The first kappa shape index (κ1) is 13.5. The summed E-state index contributed by atoms with van der Waals surface area (Å²) >= 11 is 0. The Morgan fingerprint density at radius 3 is 2.38 bits per heavy atom. The highest BCUT2D eigenvalue weighted by Crippen LogP contribution is 2.29. The van der Waals surface area contributed by atoms with Crippen molar-refractivity contribution in [3.63, 3.8) is 0 Å². The molecule has 3 heteroatoms. The Balaban J connectivity index is 2.43. The molecule has 0 spiro atoms. The summed E-state index contributed by atoms with van der Waals surface area (Å²) in [7, 11) is 1.94. The third-order valence-electron chi connectivity index (χ3n) is 4.06. The van der Waals surface area contributed by atoms with Crippen molar-refractivity contribution in [1.82, 2.24) is 4.90 Å². The van der Waals surface area contributed by atoms with Gasteiger partial charge in [0.25, 0.3) is 0 Å². The van der Waals surface area contributed by atoms with Crippen LogP contribution in [0.5, 0.6) is 0 Å². The third-order valence-corrected chi connectivity index (χ3v) is 4.06. The molecule has 0 saturated heterocycles. The van der Waals surface area contributed by atoms with Crippen molar-refractivity contribution < 1.29 is 4.79 Å². The average Bonchev–Trinajstić information content (AvgIpc) is 2.36. The second-order valence-corrected chi connectivity index (χ2v) is 5.17. The molecule has 0 bridgehead atoms. The highest BCUT2D eigenvalue weighted by atomic mass is 16.2. The Labute approximate surface area is 99.4 Å². The maximum absolute atomic E-state index is 12.0. The van der Waals surface area contributed by atoms with Gasteiger partial charge in [0.1, 0.15) is 0 Å².